The number of amides is 1. The highest BCUT2D eigenvalue weighted by Crippen LogP contribution is 2.61. The molecule has 2 atom stereocenters. The summed E-state index contributed by atoms with van der Waals surface area (Å²) in [5, 5.41) is 15.7. The number of nitriles is 1. The Morgan fingerprint density at radius 2 is 1.69 bits per heavy atom. The van der Waals surface area contributed by atoms with Gasteiger partial charge in [-0.25, -0.2) is 0 Å². The molecule has 4 heteroatoms. The fraction of sp³-hybridized carbons (Fsp3) is 0.636. The van der Waals surface area contributed by atoms with E-state index < -0.39 is 0 Å². The van der Waals surface area contributed by atoms with Gasteiger partial charge in [0, 0.05) is 6.04 Å². The minimum absolute atomic E-state index is 0.0655. The summed E-state index contributed by atoms with van der Waals surface area (Å²) >= 11 is 0. The summed E-state index contributed by atoms with van der Waals surface area (Å²) < 4.78 is 0. The number of carbonyl (C=O) groups is 1. The standard InChI is InChI=1S/C22H29N3O/c1-14(21(26)25-20-6-4-3-5-19(20)13-23)24-15(2)22-10-16-7-17(11-22)9-18(8-16)12-22/h3-6,14-18,24H,7-12H2,1-2H3,(H,25,26)/t14-,15-,16?,17?,18?,22?/m1/s1. The number of benzene rings is 1. The Labute approximate surface area is 156 Å². The number of carbonyl (C=O) groups excluding carboxylic acids is 1. The van der Waals surface area contributed by atoms with E-state index >= 15 is 0 Å². The number of nitrogens with zero attached hydrogens (tertiary/aromatic N) is 1. The van der Waals surface area contributed by atoms with E-state index in [0.717, 1.165) is 17.8 Å². The van der Waals surface area contributed by atoms with Crippen molar-refractivity contribution in [1.82, 2.24) is 5.32 Å². The topological polar surface area (TPSA) is 64.9 Å². The Morgan fingerprint density at radius 1 is 1.12 bits per heavy atom. The SMILES string of the molecule is C[C@@H](N[C@H](C)C12CC3CC(CC(C3)C1)C2)C(=O)Nc1ccccc1C#N. The Bertz CT molecular complexity index is 700. The molecule has 0 heterocycles. The minimum Gasteiger partial charge on any atom is -0.324 e. The van der Waals surface area contributed by atoms with Gasteiger partial charge in [-0.05, 0) is 87.7 Å². The van der Waals surface area contributed by atoms with Gasteiger partial charge in [0.25, 0.3) is 0 Å². The maximum atomic E-state index is 12.7. The number of hydrogen-bond donors (Lipinski definition) is 2. The van der Waals surface area contributed by atoms with Crippen LogP contribution in [0.1, 0.15) is 57.9 Å². The molecule has 4 saturated carbocycles. The zero-order chi connectivity index (χ0) is 18.3. The van der Waals surface area contributed by atoms with E-state index in [9.17, 15) is 10.1 Å². The third kappa shape index (κ3) is 3.14. The van der Waals surface area contributed by atoms with Gasteiger partial charge >= 0.3 is 0 Å². The Morgan fingerprint density at radius 3 is 2.27 bits per heavy atom. The third-order valence-electron chi connectivity index (χ3n) is 7.20. The molecule has 0 unspecified atom stereocenters. The lowest BCUT2D eigenvalue weighted by Crippen LogP contribution is -2.57. The van der Waals surface area contributed by atoms with Crippen molar-refractivity contribution >= 4 is 11.6 Å². The summed E-state index contributed by atoms with van der Waals surface area (Å²) in [6.07, 6.45) is 8.31. The quantitative estimate of drug-likeness (QED) is 0.840. The lowest BCUT2D eigenvalue weighted by atomic mass is 9.48. The van der Waals surface area contributed by atoms with Gasteiger partial charge in [0.2, 0.25) is 5.91 Å². The van der Waals surface area contributed by atoms with Crippen molar-refractivity contribution in [2.45, 2.75) is 64.5 Å². The van der Waals surface area contributed by atoms with Crippen molar-refractivity contribution in [3.05, 3.63) is 29.8 Å². The molecular weight excluding hydrogens is 322 g/mol. The molecule has 26 heavy (non-hydrogen) atoms. The van der Waals surface area contributed by atoms with Gasteiger partial charge in [0.15, 0.2) is 0 Å². The first-order valence-corrected chi connectivity index (χ1v) is 10.0. The molecule has 4 fully saturated rings. The molecule has 4 aliphatic rings. The van der Waals surface area contributed by atoms with Crippen molar-refractivity contribution in [2.24, 2.45) is 23.2 Å². The largest absolute Gasteiger partial charge is 0.324 e. The molecule has 0 radical (unpaired) electrons. The van der Waals surface area contributed by atoms with Gasteiger partial charge < -0.3 is 10.6 Å². The lowest BCUT2D eigenvalue weighted by Gasteiger charge is -2.59. The number of nitrogens with one attached hydrogen (secondary N) is 2. The second kappa shape index (κ2) is 6.70. The average molecular weight is 351 g/mol. The molecule has 0 aromatic heterocycles. The van der Waals surface area contributed by atoms with Crippen LogP contribution in [0.2, 0.25) is 0 Å². The summed E-state index contributed by atoms with van der Waals surface area (Å²) in [7, 11) is 0. The van der Waals surface area contributed by atoms with Crippen LogP contribution in [0.5, 0.6) is 0 Å². The first-order chi connectivity index (χ1) is 12.5. The van der Waals surface area contributed by atoms with Crippen LogP contribution >= 0.6 is 0 Å². The summed E-state index contributed by atoms with van der Waals surface area (Å²) in [4.78, 5) is 12.7. The highest BCUT2D eigenvalue weighted by Gasteiger charge is 2.53. The van der Waals surface area contributed by atoms with Crippen LogP contribution in [0.4, 0.5) is 5.69 Å². The molecule has 1 aromatic rings. The maximum Gasteiger partial charge on any atom is 0.241 e. The highest BCUT2D eigenvalue weighted by molar-refractivity contribution is 5.95. The summed E-state index contributed by atoms with van der Waals surface area (Å²) in [5.74, 6) is 2.68. The summed E-state index contributed by atoms with van der Waals surface area (Å²) in [5.41, 5.74) is 1.48. The van der Waals surface area contributed by atoms with E-state index in [1.807, 2.05) is 19.1 Å². The van der Waals surface area contributed by atoms with Crippen LogP contribution in [0.25, 0.3) is 0 Å². The van der Waals surface area contributed by atoms with Crippen LogP contribution < -0.4 is 10.6 Å². The van der Waals surface area contributed by atoms with E-state index in [1.54, 1.807) is 12.1 Å². The predicted molar refractivity (Wildman–Crippen MR) is 102 cm³/mol. The van der Waals surface area contributed by atoms with E-state index in [1.165, 1.54) is 38.5 Å². The second-order valence-electron chi connectivity index (χ2n) is 9.04. The molecule has 5 rings (SSSR count). The fourth-order valence-electron chi connectivity index (χ4n) is 6.27. The van der Waals surface area contributed by atoms with Crippen LogP contribution in [-0.4, -0.2) is 18.0 Å². The Hall–Kier alpha value is -1.86. The molecule has 138 valence electrons. The van der Waals surface area contributed by atoms with E-state index in [0.29, 0.717) is 22.7 Å². The van der Waals surface area contributed by atoms with Crippen LogP contribution in [0, 0.1) is 34.5 Å². The summed E-state index contributed by atoms with van der Waals surface area (Å²) in [6, 6.07) is 9.37. The Balaban J connectivity index is 1.40. The molecule has 4 bridgehead atoms. The second-order valence-corrected chi connectivity index (χ2v) is 9.04. The van der Waals surface area contributed by atoms with Gasteiger partial charge in [-0.3, -0.25) is 4.79 Å². The Kier molecular flexibility index (Phi) is 4.52. The number of hydrogen-bond acceptors (Lipinski definition) is 3. The number of rotatable bonds is 5. The van der Waals surface area contributed by atoms with Gasteiger partial charge in [-0.15, -0.1) is 0 Å². The van der Waals surface area contributed by atoms with Crippen molar-refractivity contribution in [2.75, 3.05) is 5.32 Å². The average Bonchev–Trinajstić information content (AvgIpc) is 2.61. The van der Waals surface area contributed by atoms with E-state index in [4.69, 9.17) is 0 Å². The number of para-hydroxylation sites is 1. The maximum absolute atomic E-state index is 12.7. The fourth-order valence-corrected chi connectivity index (χ4v) is 6.27. The summed E-state index contributed by atoms with van der Waals surface area (Å²) in [6.45, 7) is 4.21. The molecule has 4 aliphatic carbocycles. The van der Waals surface area contributed by atoms with E-state index in [-0.39, 0.29) is 11.9 Å². The smallest absolute Gasteiger partial charge is 0.241 e. The van der Waals surface area contributed by atoms with Crippen molar-refractivity contribution < 1.29 is 4.79 Å². The molecule has 1 amide bonds. The first-order valence-electron chi connectivity index (χ1n) is 10.0. The molecule has 0 saturated heterocycles. The van der Waals surface area contributed by atoms with Crippen LogP contribution in [0.15, 0.2) is 24.3 Å². The molecule has 4 nitrogen and oxygen atoms in total. The van der Waals surface area contributed by atoms with Gasteiger partial charge in [0.1, 0.15) is 6.07 Å². The zero-order valence-corrected chi connectivity index (χ0v) is 15.8. The third-order valence-corrected chi connectivity index (χ3v) is 7.20. The molecule has 0 aliphatic heterocycles. The lowest BCUT2D eigenvalue weighted by molar-refractivity contribution is -0.119. The minimum atomic E-state index is -0.273. The van der Waals surface area contributed by atoms with E-state index in [2.05, 4.69) is 23.6 Å². The normalized spacial score (nSPS) is 34.1. The van der Waals surface area contributed by atoms with Gasteiger partial charge in [0.05, 0.1) is 17.3 Å². The molecular formula is C22H29N3O. The van der Waals surface area contributed by atoms with Crippen molar-refractivity contribution in [3.63, 3.8) is 0 Å². The van der Waals surface area contributed by atoms with Crippen LogP contribution in [-0.2, 0) is 4.79 Å². The van der Waals surface area contributed by atoms with Crippen molar-refractivity contribution in [3.8, 4) is 6.07 Å². The molecule has 1 aromatic carbocycles. The highest BCUT2D eigenvalue weighted by atomic mass is 16.2. The number of anilines is 1. The van der Waals surface area contributed by atoms with Crippen LogP contribution in [0.3, 0.4) is 0 Å². The first kappa shape index (κ1) is 17.5. The predicted octanol–water partition coefficient (Wildman–Crippen LogP) is 4.08. The molecule has 0 spiro atoms. The zero-order valence-electron chi connectivity index (χ0n) is 15.8. The monoisotopic (exact) mass is 351 g/mol. The van der Waals surface area contributed by atoms with Crippen molar-refractivity contribution in [1.29, 1.82) is 5.26 Å². The van der Waals surface area contributed by atoms with Gasteiger partial charge in [-0.1, -0.05) is 12.1 Å². The molecule has 2 N–H and O–H groups in total. The van der Waals surface area contributed by atoms with Gasteiger partial charge in [-0.2, -0.15) is 5.26 Å².